The lowest BCUT2D eigenvalue weighted by molar-refractivity contribution is -0.142. The van der Waals surface area contributed by atoms with Crippen molar-refractivity contribution in [2.45, 2.75) is 31.7 Å². The third kappa shape index (κ3) is 4.27. The predicted octanol–water partition coefficient (Wildman–Crippen LogP) is 2.45. The van der Waals surface area contributed by atoms with Gasteiger partial charge in [0.15, 0.2) is 6.04 Å². The van der Waals surface area contributed by atoms with Gasteiger partial charge in [-0.2, -0.15) is 0 Å². The summed E-state index contributed by atoms with van der Waals surface area (Å²) in [5, 5.41) is 14.7. The standard InChI is InChI=1S/C20H20N2O4/c23-17(22-19(20(25)26)14-6-2-1-3-7-14)8-4-5-13-9-10-16-15(11-13)12-18(24)21-16/h1-3,6-7,9-11,19H,4-5,8,12H2,(H,21,24)(H,22,23)(H,25,26)/t19-/m1/s1. The molecule has 0 aliphatic carbocycles. The number of nitrogens with one attached hydrogen (secondary N) is 2. The molecule has 0 aromatic heterocycles. The SMILES string of the molecule is O=C1Cc2cc(CCCC(=O)N[C@@H](C(=O)O)c3ccccc3)ccc2N1. The van der Waals surface area contributed by atoms with Gasteiger partial charge in [0.2, 0.25) is 11.8 Å². The molecule has 1 heterocycles. The third-order valence-corrected chi connectivity index (χ3v) is 4.35. The number of hydrogen-bond acceptors (Lipinski definition) is 3. The van der Waals surface area contributed by atoms with Crippen molar-refractivity contribution in [2.75, 3.05) is 5.32 Å². The molecule has 0 radical (unpaired) electrons. The molecule has 1 aliphatic rings. The van der Waals surface area contributed by atoms with Gasteiger partial charge in [-0.05, 0) is 35.6 Å². The summed E-state index contributed by atoms with van der Waals surface area (Å²) < 4.78 is 0. The molecule has 2 aromatic carbocycles. The number of carboxylic acids is 1. The van der Waals surface area contributed by atoms with Crippen molar-refractivity contribution in [1.29, 1.82) is 0 Å². The molecule has 26 heavy (non-hydrogen) atoms. The summed E-state index contributed by atoms with van der Waals surface area (Å²) in [6.07, 6.45) is 1.93. The molecule has 2 amide bonds. The van der Waals surface area contributed by atoms with Crippen molar-refractivity contribution >= 4 is 23.5 Å². The average Bonchev–Trinajstić information content (AvgIpc) is 2.99. The highest BCUT2D eigenvalue weighted by Gasteiger charge is 2.21. The first-order valence-corrected chi connectivity index (χ1v) is 8.51. The predicted molar refractivity (Wildman–Crippen MR) is 96.7 cm³/mol. The zero-order valence-corrected chi connectivity index (χ0v) is 14.2. The highest BCUT2D eigenvalue weighted by Crippen LogP contribution is 2.24. The van der Waals surface area contributed by atoms with Crippen molar-refractivity contribution in [2.24, 2.45) is 0 Å². The summed E-state index contributed by atoms with van der Waals surface area (Å²) in [5.74, 6) is -1.38. The molecule has 0 unspecified atom stereocenters. The molecular formula is C20H20N2O4. The van der Waals surface area contributed by atoms with Crippen molar-refractivity contribution in [1.82, 2.24) is 5.32 Å². The summed E-state index contributed by atoms with van der Waals surface area (Å²) in [5.41, 5.74) is 3.44. The second kappa shape index (κ2) is 7.82. The normalized spacial score (nSPS) is 13.6. The number of rotatable bonds is 7. The zero-order valence-electron chi connectivity index (χ0n) is 14.2. The fourth-order valence-electron chi connectivity index (χ4n) is 3.06. The number of anilines is 1. The maximum absolute atomic E-state index is 12.1. The van der Waals surface area contributed by atoms with E-state index in [1.807, 2.05) is 18.2 Å². The number of carboxylic acid groups (broad SMARTS) is 1. The van der Waals surface area contributed by atoms with E-state index in [0.717, 1.165) is 16.8 Å². The van der Waals surface area contributed by atoms with Crippen LogP contribution in [0.1, 0.15) is 35.6 Å². The van der Waals surface area contributed by atoms with Crippen molar-refractivity contribution in [3.8, 4) is 0 Å². The van der Waals surface area contributed by atoms with Gasteiger partial charge in [-0.15, -0.1) is 0 Å². The number of benzene rings is 2. The Morgan fingerprint density at radius 1 is 1.15 bits per heavy atom. The van der Waals surface area contributed by atoms with Gasteiger partial charge in [0.25, 0.3) is 0 Å². The first-order valence-electron chi connectivity index (χ1n) is 8.51. The van der Waals surface area contributed by atoms with E-state index < -0.39 is 12.0 Å². The van der Waals surface area contributed by atoms with Crippen LogP contribution in [0.5, 0.6) is 0 Å². The highest BCUT2D eigenvalue weighted by atomic mass is 16.4. The van der Waals surface area contributed by atoms with Gasteiger partial charge in [0, 0.05) is 12.1 Å². The van der Waals surface area contributed by atoms with E-state index in [1.165, 1.54) is 0 Å². The molecule has 0 bridgehead atoms. The summed E-state index contributed by atoms with van der Waals surface area (Å²) >= 11 is 0. The van der Waals surface area contributed by atoms with Gasteiger partial charge in [-0.3, -0.25) is 9.59 Å². The van der Waals surface area contributed by atoms with Gasteiger partial charge in [0.05, 0.1) is 6.42 Å². The molecule has 1 aliphatic heterocycles. The number of amides is 2. The largest absolute Gasteiger partial charge is 0.479 e. The van der Waals surface area contributed by atoms with E-state index in [0.29, 0.717) is 24.8 Å². The second-order valence-corrected chi connectivity index (χ2v) is 6.32. The summed E-state index contributed by atoms with van der Waals surface area (Å²) in [7, 11) is 0. The van der Waals surface area contributed by atoms with E-state index in [1.54, 1.807) is 30.3 Å². The van der Waals surface area contributed by atoms with Crippen LogP contribution in [0.3, 0.4) is 0 Å². The molecule has 6 nitrogen and oxygen atoms in total. The van der Waals surface area contributed by atoms with Crippen LogP contribution in [0.25, 0.3) is 0 Å². The number of carbonyl (C=O) groups excluding carboxylic acids is 2. The van der Waals surface area contributed by atoms with Crippen LogP contribution in [-0.2, 0) is 27.2 Å². The van der Waals surface area contributed by atoms with Crippen LogP contribution in [0, 0.1) is 0 Å². The first kappa shape index (κ1) is 17.7. The minimum absolute atomic E-state index is 0.00264. The van der Waals surface area contributed by atoms with Gasteiger partial charge in [-0.1, -0.05) is 42.5 Å². The lowest BCUT2D eigenvalue weighted by Gasteiger charge is -2.15. The molecule has 6 heteroatoms. The van der Waals surface area contributed by atoms with E-state index in [9.17, 15) is 19.5 Å². The van der Waals surface area contributed by atoms with Gasteiger partial charge in [0.1, 0.15) is 0 Å². The number of aryl methyl sites for hydroxylation is 1. The molecule has 0 saturated heterocycles. The minimum Gasteiger partial charge on any atom is -0.479 e. The zero-order chi connectivity index (χ0) is 18.5. The Morgan fingerprint density at radius 2 is 1.92 bits per heavy atom. The van der Waals surface area contributed by atoms with Crippen molar-refractivity contribution < 1.29 is 19.5 Å². The van der Waals surface area contributed by atoms with Crippen LogP contribution in [-0.4, -0.2) is 22.9 Å². The van der Waals surface area contributed by atoms with Crippen LogP contribution in [0.4, 0.5) is 5.69 Å². The number of carbonyl (C=O) groups is 3. The Kier molecular flexibility index (Phi) is 5.31. The fraction of sp³-hybridized carbons (Fsp3) is 0.250. The molecular weight excluding hydrogens is 332 g/mol. The summed E-state index contributed by atoms with van der Waals surface area (Å²) in [6.45, 7) is 0. The molecule has 3 N–H and O–H groups in total. The maximum Gasteiger partial charge on any atom is 0.330 e. The van der Waals surface area contributed by atoms with E-state index >= 15 is 0 Å². The Balaban J connectivity index is 1.52. The monoisotopic (exact) mass is 352 g/mol. The fourth-order valence-corrected chi connectivity index (χ4v) is 3.06. The Bertz CT molecular complexity index is 833. The lowest BCUT2D eigenvalue weighted by atomic mass is 10.0. The third-order valence-electron chi connectivity index (χ3n) is 4.35. The molecule has 0 fully saturated rings. The maximum atomic E-state index is 12.1. The Labute approximate surface area is 151 Å². The lowest BCUT2D eigenvalue weighted by Crippen LogP contribution is -2.33. The summed E-state index contributed by atoms with van der Waals surface area (Å²) in [4.78, 5) is 34.9. The average molecular weight is 352 g/mol. The second-order valence-electron chi connectivity index (χ2n) is 6.32. The quantitative estimate of drug-likeness (QED) is 0.713. The molecule has 2 aromatic rings. The topological polar surface area (TPSA) is 95.5 Å². The number of fused-ring (bicyclic) bond motifs is 1. The summed E-state index contributed by atoms with van der Waals surface area (Å²) in [6, 6.07) is 13.4. The molecule has 134 valence electrons. The molecule has 0 saturated carbocycles. The van der Waals surface area contributed by atoms with E-state index in [-0.39, 0.29) is 18.2 Å². The molecule has 3 rings (SSSR count). The minimum atomic E-state index is -1.08. The molecule has 1 atom stereocenters. The van der Waals surface area contributed by atoms with Crippen LogP contribution < -0.4 is 10.6 Å². The van der Waals surface area contributed by atoms with Crippen LogP contribution in [0.2, 0.25) is 0 Å². The smallest absolute Gasteiger partial charge is 0.330 e. The van der Waals surface area contributed by atoms with Gasteiger partial charge in [-0.25, -0.2) is 4.79 Å². The molecule has 0 spiro atoms. The van der Waals surface area contributed by atoms with E-state index in [2.05, 4.69) is 10.6 Å². The first-order chi connectivity index (χ1) is 12.5. The van der Waals surface area contributed by atoms with Crippen molar-refractivity contribution in [3.63, 3.8) is 0 Å². The van der Waals surface area contributed by atoms with Gasteiger partial charge >= 0.3 is 5.97 Å². The Hall–Kier alpha value is -3.15. The van der Waals surface area contributed by atoms with Crippen molar-refractivity contribution in [3.05, 3.63) is 65.2 Å². The number of hydrogen-bond donors (Lipinski definition) is 3. The number of aliphatic carboxylic acids is 1. The van der Waals surface area contributed by atoms with Crippen LogP contribution in [0.15, 0.2) is 48.5 Å². The van der Waals surface area contributed by atoms with Crippen LogP contribution >= 0.6 is 0 Å². The Morgan fingerprint density at radius 3 is 2.65 bits per heavy atom. The highest BCUT2D eigenvalue weighted by molar-refractivity contribution is 5.99. The van der Waals surface area contributed by atoms with Gasteiger partial charge < -0.3 is 15.7 Å². The van der Waals surface area contributed by atoms with E-state index in [4.69, 9.17) is 0 Å².